The molecule has 1 N–H and O–H groups in total. The van der Waals surface area contributed by atoms with Gasteiger partial charge in [-0.1, -0.05) is 37.8 Å². The predicted molar refractivity (Wildman–Crippen MR) is 101 cm³/mol. The maximum absolute atomic E-state index is 13.6. The van der Waals surface area contributed by atoms with Crippen LogP contribution in [0.15, 0.2) is 30.5 Å². The van der Waals surface area contributed by atoms with Crippen molar-refractivity contribution in [3.8, 4) is 5.75 Å². The average Bonchev–Trinajstić information content (AvgIpc) is 3.03. The largest absolute Gasteiger partial charge is 0.505 e. The maximum Gasteiger partial charge on any atom is 0.258 e. The average molecular weight is 350 g/mol. The highest BCUT2D eigenvalue weighted by atomic mass is 16.3. The molecule has 1 aromatic heterocycles. The molecule has 3 aliphatic rings. The number of aromatic hydroxyl groups is 1. The number of pyridine rings is 1. The molecule has 2 aromatic rings. The van der Waals surface area contributed by atoms with E-state index in [4.69, 9.17) is 0 Å². The van der Waals surface area contributed by atoms with Crippen LogP contribution in [0.4, 0.5) is 0 Å². The fraction of sp³-hybridized carbons (Fsp3) is 0.545. The van der Waals surface area contributed by atoms with Crippen LogP contribution in [0.5, 0.6) is 5.75 Å². The highest BCUT2D eigenvalue weighted by Gasteiger charge is 2.51. The summed E-state index contributed by atoms with van der Waals surface area (Å²) in [6.07, 6.45) is 11.5. The van der Waals surface area contributed by atoms with E-state index in [1.54, 1.807) is 12.3 Å². The Balaban J connectivity index is 1.55. The van der Waals surface area contributed by atoms with Crippen molar-refractivity contribution in [1.29, 1.82) is 0 Å². The first-order valence-corrected chi connectivity index (χ1v) is 10.1. The molecule has 1 amide bonds. The molecule has 1 aliphatic heterocycles. The minimum atomic E-state index is 0.0151. The minimum Gasteiger partial charge on any atom is -0.505 e. The highest BCUT2D eigenvalue weighted by Crippen LogP contribution is 2.50. The second-order valence-corrected chi connectivity index (χ2v) is 8.28. The molecule has 1 saturated heterocycles. The van der Waals surface area contributed by atoms with Gasteiger partial charge in [-0.25, -0.2) is 0 Å². The van der Waals surface area contributed by atoms with Crippen molar-refractivity contribution in [3.63, 3.8) is 0 Å². The number of carbonyl (C=O) groups excluding carboxylic acids is 1. The number of amides is 1. The van der Waals surface area contributed by atoms with Crippen LogP contribution >= 0.6 is 0 Å². The second kappa shape index (κ2) is 6.26. The number of nitrogens with zero attached hydrogens (tertiary/aromatic N) is 2. The topological polar surface area (TPSA) is 53.4 Å². The van der Waals surface area contributed by atoms with Gasteiger partial charge < -0.3 is 10.0 Å². The Kier molecular flexibility index (Phi) is 3.87. The Morgan fingerprint density at radius 3 is 2.31 bits per heavy atom. The van der Waals surface area contributed by atoms with Gasteiger partial charge in [-0.15, -0.1) is 0 Å². The van der Waals surface area contributed by atoms with E-state index in [1.165, 1.54) is 38.5 Å². The Bertz CT molecular complexity index is 827. The van der Waals surface area contributed by atoms with Crippen LogP contribution in [-0.2, 0) is 0 Å². The third-order valence-electron chi connectivity index (χ3n) is 7.04. The van der Waals surface area contributed by atoms with E-state index >= 15 is 0 Å². The van der Waals surface area contributed by atoms with E-state index in [0.29, 0.717) is 35.0 Å². The SMILES string of the molecule is O=C(c1ccc2cccnc2c1O)N1C2CCCCC2C2CCCCC21. The van der Waals surface area contributed by atoms with Crippen molar-refractivity contribution in [2.75, 3.05) is 0 Å². The van der Waals surface area contributed by atoms with Crippen LogP contribution in [0.2, 0.25) is 0 Å². The standard InChI is InChI=1S/C22H26N2O2/c25-21-17(12-11-14-6-5-13-23-20(14)21)22(26)24-18-9-3-1-7-15(18)16-8-2-4-10-19(16)24/h5-6,11-13,15-16,18-19,25H,1-4,7-10H2. The first kappa shape index (κ1) is 16.1. The fourth-order valence-electron chi connectivity index (χ4n) is 5.96. The van der Waals surface area contributed by atoms with Gasteiger partial charge in [0.25, 0.3) is 5.91 Å². The van der Waals surface area contributed by atoms with Crippen LogP contribution in [0.25, 0.3) is 10.9 Å². The van der Waals surface area contributed by atoms with Crippen molar-refractivity contribution >= 4 is 16.8 Å². The molecule has 2 aliphatic carbocycles. The van der Waals surface area contributed by atoms with Crippen molar-refractivity contribution in [1.82, 2.24) is 9.88 Å². The number of fused-ring (bicyclic) bond motifs is 4. The molecule has 5 rings (SSSR count). The lowest BCUT2D eigenvalue weighted by molar-refractivity contribution is 0.0591. The van der Waals surface area contributed by atoms with Crippen LogP contribution in [0.3, 0.4) is 0 Å². The zero-order valence-electron chi connectivity index (χ0n) is 15.1. The predicted octanol–water partition coefficient (Wildman–Crippen LogP) is 4.51. The molecule has 2 saturated carbocycles. The lowest BCUT2D eigenvalue weighted by Gasteiger charge is -2.34. The summed E-state index contributed by atoms with van der Waals surface area (Å²) in [6, 6.07) is 8.19. The third-order valence-corrected chi connectivity index (χ3v) is 7.04. The van der Waals surface area contributed by atoms with Crippen LogP contribution in [-0.4, -0.2) is 33.0 Å². The smallest absolute Gasteiger partial charge is 0.258 e. The second-order valence-electron chi connectivity index (χ2n) is 8.28. The molecule has 4 nitrogen and oxygen atoms in total. The van der Waals surface area contributed by atoms with Gasteiger partial charge in [-0.2, -0.15) is 0 Å². The molecule has 136 valence electrons. The first-order valence-electron chi connectivity index (χ1n) is 10.1. The zero-order chi connectivity index (χ0) is 17.7. The first-order chi connectivity index (χ1) is 12.8. The van der Waals surface area contributed by atoms with Gasteiger partial charge in [0.1, 0.15) is 5.52 Å². The van der Waals surface area contributed by atoms with E-state index < -0.39 is 0 Å². The van der Waals surface area contributed by atoms with Crippen LogP contribution < -0.4 is 0 Å². The summed E-state index contributed by atoms with van der Waals surface area (Å²) in [5, 5.41) is 11.6. The van der Waals surface area contributed by atoms with Gasteiger partial charge in [0.2, 0.25) is 0 Å². The molecule has 4 atom stereocenters. The number of rotatable bonds is 1. The fourth-order valence-corrected chi connectivity index (χ4v) is 5.96. The molecule has 0 radical (unpaired) electrons. The van der Waals surface area contributed by atoms with Crippen molar-refractivity contribution < 1.29 is 9.90 Å². The summed E-state index contributed by atoms with van der Waals surface area (Å²) < 4.78 is 0. The Labute approximate surface area is 154 Å². The Hall–Kier alpha value is -2.10. The molecule has 3 fully saturated rings. The number of phenolic OH excluding ortho intramolecular Hbond substituents is 1. The summed E-state index contributed by atoms with van der Waals surface area (Å²) in [7, 11) is 0. The van der Waals surface area contributed by atoms with Gasteiger partial charge in [-0.3, -0.25) is 9.78 Å². The molecule has 4 unspecified atom stereocenters. The van der Waals surface area contributed by atoms with E-state index in [1.807, 2.05) is 18.2 Å². The summed E-state index contributed by atoms with van der Waals surface area (Å²) in [6.45, 7) is 0. The summed E-state index contributed by atoms with van der Waals surface area (Å²) in [4.78, 5) is 20.0. The molecule has 0 bridgehead atoms. The zero-order valence-corrected chi connectivity index (χ0v) is 15.1. The van der Waals surface area contributed by atoms with Gasteiger partial charge in [0.15, 0.2) is 5.75 Å². The van der Waals surface area contributed by atoms with Crippen molar-refractivity contribution in [3.05, 3.63) is 36.0 Å². The molecular weight excluding hydrogens is 324 g/mol. The summed E-state index contributed by atoms with van der Waals surface area (Å²) in [5.41, 5.74) is 0.949. The highest BCUT2D eigenvalue weighted by molar-refractivity contribution is 6.02. The lowest BCUT2D eigenvalue weighted by atomic mass is 9.73. The summed E-state index contributed by atoms with van der Waals surface area (Å²) in [5.74, 6) is 1.39. The third kappa shape index (κ3) is 2.34. The molecular formula is C22H26N2O2. The van der Waals surface area contributed by atoms with Crippen molar-refractivity contribution in [2.24, 2.45) is 11.8 Å². The number of hydrogen-bond acceptors (Lipinski definition) is 3. The van der Waals surface area contributed by atoms with E-state index in [0.717, 1.165) is 18.2 Å². The lowest BCUT2D eigenvalue weighted by Crippen LogP contribution is -2.44. The molecule has 26 heavy (non-hydrogen) atoms. The van der Waals surface area contributed by atoms with Gasteiger partial charge in [0, 0.05) is 23.7 Å². The molecule has 2 heterocycles. The maximum atomic E-state index is 13.6. The molecule has 0 spiro atoms. The quantitative estimate of drug-likeness (QED) is 0.823. The number of carbonyl (C=O) groups is 1. The van der Waals surface area contributed by atoms with Crippen LogP contribution in [0.1, 0.15) is 61.7 Å². The normalized spacial score (nSPS) is 30.8. The summed E-state index contributed by atoms with van der Waals surface area (Å²) >= 11 is 0. The number of phenols is 1. The number of benzene rings is 1. The van der Waals surface area contributed by atoms with Gasteiger partial charge in [-0.05, 0) is 49.7 Å². The van der Waals surface area contributed by atoms with Gasteiger partial charge in [0.05, 0.1) is 5.56 Å². The molecule has 4 heteroatoms. The van der Waals surface area contributed by atoms with E-state index in [2.05, 4.69) is 9.88 Å². The van der Waals surface area contributed by atoms with Crippen molar-refractivity contribution in [2.45, 2.75) is 63.5 Å². The Morgan fingerprint density at radius 2 is 1.62 bits per heavy atom. The van der Waals surface area contributed by atoms with E-state index in [9.17, 15) is 9.90 Å². The number of hydrogen-bond donors (Lipinski definition) is 1. The number of likely N-dealkylation sites (tertiary alicyclic amines) is 1. The Morgan fingerprint density at radius 1 is 0.962 bits per heavy atom. The van der Waals surface area contributed by atoms with Crippen LogP contribution in [0, 0.1) is 11.8 Å². The number of aromatic nitrogens is 1. The minimum absolute atomic E-state index is 0.0151. The van der Waals surface area contributed by atoms with E-state index in [-0.39, 0.29) is 11.7 Å². The van der Waals surface area contributed by atoms with Gasteiger partial charge >= 0.3 is 0 Å². The molecule has 1 aromatic carbocycles. The monoisotopic (exact) mass is 350 g/mol.